The van der Waals surface area contributed by atoms with Crippen LogP contribution >= 0.6 is 0 Å². The van der Waals surface area contributed by atoms with E-state index >= 15 is 0 Å². The monoisotopic (exact) mass is 239 g/mol. The van der Waals surface area contributed by atoms with Gasteiger partial charge in [0, 0.05) is 24.3 Å². The van der Waals surface area contributed by atoms with Crippen LogP contribution in [0.2, 0.25) is 0 Å². The van der Waals surface area contributed by atoms with Crippen molar-refractivity contribution in [1.82, 2.24) is 0 Å². The summed E-state index contributed by atoms with van der Waals surface area (Å²) in [5, 5.41) is 8.69. The lowest BCUT2D eigenvalue weighted by atomic mass is 10.1. The van der Waals surface area contributed by atoms with Crippen LogP contribution in [0.3, 0.4) is 0 Å². The van der Waals surface area contributed by atoms with Crippen LogP contribution in [-0.2, 0) is 0 Å². The van der Waals surface area contributed by atoms with Crippen LogP contribution in [0.1, 0.15) is 31.4 Å². The molecular weight excluding hydrogens is 218 g/mol. The molecule has 1 unspecified atom stereocenters. The Hall–Kier alpha value is -1.26. The van der Waals surface area contributed by atoms with E-state index in [9.17, 15) is 0 Å². The van der Waals surface area contributed by atoms with Crippen molar-refractivity contribution in [2.24, 2.45) is 5.73 Å². The number of hydrogen-bond acceptors (Lipinski definition) is 4. The molecular formula is C13H21NO3. The van der Waals surface area contributed by atoms with Gasteiger partial charge in [-0.3, -0.25) is 0 Å². The summed E-state index contributed by atoms with van der Waals surface area (Å²) in [4.78, 5) is 0. The van der Waals surface area contributed by atoms with Gasteiger partial charge in [-0.15, -0.1) is 0 Å². The summed E-state index contributed by atoms with van der Waals surface area (Å²) in [6.07, 6.45) is 1.57. The molecule has 0 spiro atoms. The predicted octanol–water partition coefficient (Wildman–Crippen LogP) is 1.87. The molecule has 0 saturated carbocycles. The summed E-state index contributed by atoms with van der Waals surface area (Å²) >= 11 is 0. The molecule has 4 heteroatoms. The van der Waals surface area contributed by atoms with Crippen LogP contribution in [0.15, 0.2) is 18.2 Å². The predicted molar refractivity (Wildman–Crippen MR) is 67.4 cm³/mol. The minimum absolute atomic E-state index is 0.0752. The fourth-order valence-electron chi connectivity index (χ4n) is 1.54. The number of methoxy groups -OCH3 is 1. The molecule has 0 amide bonds. The fourth-order valence-corrected chi connectivity index (χ4v) is 1.54. The molecule has 0 aliphatic carbocycles. The second-order valence-electron chi connectivity index (χ2n) is 3.97. The Labute approximate surface area is 102 Å². The maximum absolute atomic E-state index is 8.69. The largest absolute Gasteiger partial charge is 0.497 e. The van der Waals surface area contributed by atoms with E-state index < -0.39 is 0 Å². The van der Waals surface area contributed by atoms with Crippen molar-refractivity contribution in [3.8, 4) is 11.5 Å². The molecule has 0 aliphatic heterocycles. The quantitative estimate of drug-likeness (QED) is 0.713. The third-order valence-electron chi connectivity index (χ3n) is 2.52. The lowest BCUT2D eigenvalue weighted by Gasteiger charge is -2.15. The Morgan fingerprint density at radius 1 is 1.35 bits per heavy atom. The number of benzene rings is 1. The summed E-state index contributed by atoms with van der Waals surface area (Å²) in [6.45, 7) is 2.69. The molecule has 1 atom stereocenters. The van der Waals surface area contributed by atoms with Gasteiger partial charge in [-0.1, -0.05) is 6.07 Å². The van der Waals surface area contributed by atoms with Crippen molar-refractivity contribution in [2.45, 2.75) is 25.8 Å². The van der Waals surface area contributed by atoms with Gasteiger partial charge in [0.15, 0.2) is 0 Å². The highest BCUT2D eigenvalue weighted by atomic mass is 16.5. The van der Waals surface area contributed by atoms with E-state index in [0.29, 0.717) is 6.61 Å². The SMILES string of the molecule is COc1ccc(C(C)N)c(OCCCCO)c1. The zero-order valence-corrected chi connectivity index (χ0v) is 10.5. The molecule has 0 radical (unpaired) electrons. The van der Waals surface area contributed by atoms with E-state index in [-0.39, 0.29) is 12.6 Å². The number of rotatable bonds is 7. The molecule has 0 aromatic heterocycles. The molecule has 0 heterocycles. The van der Waals surface area contributed by atoms with Crippen molar-refractivity contribution in [3.63, 3.8) is 0 Å². The molecule has 3 N–H and O–H groups in total. The highest BCUT2D eigenvalue weighted by Gasteiger charge is 2.09. The lowest BCUT2D eigenvalue weighted by molar-refractivity contribution is 0.251. The molecule has 0 aliphatic rings. The van der Waals surface area contributed by atoms with Crippen LogP contribution in [0.25, 0.3) is 0 Å². The van der Waals surface area contributed by atoms with E-state index in [1.165, 1.54) is 0 Å². The van der Waals surface area contributed by atoms with Crippen molar-refractivity contribution < 1.29 is 14.6 Å². The first kappa shape index (κ1) is 13.8. The van der Waals surface area contributed by atoms with Gasteiger partial charge >= 0.3 is 0 Å². The molecule has 0 fully saturated rings. The van der Waals surface area contributed by atoms with Crippen LogP contribution in [-0.4, -0.2) is 25.4 Å². The van der Waals surface area contributed by atoms with Gasteiger partial charge in [0.25, 0.3) is 0 Å². The van der Waals surface area contributed by atoms with E-state index in [1.54, 1.807) is 7.11 Å². The Kier molecular flexibility index (Phi) is 5.80. The first-order chi connectivity index (χ1) is 8.19. The highest BCUT2D eigenvalue weighted by Crippen LogP contribution is 2.28. The minimum Gasteiger partial charge on any atom is -0.497 e. The Bertz CT molecular complexity index is 339. The minimum atomic E-state index is -0.0752. The van der Waals surface area contributed by atoms with Crippen molar-refractivity contribution in [1.29, 1.82) is 0 Å². The fraction of sp³-hybridized carbons (Fsp3) is 0.538. The third-order valence-corrected chi connectivity index (χ3v) is 2.52. The number of hydrogen-bond donors (Lipinski definition) is 2. The number of unbranched alkanes of at least 4 members (excludes halogenated alkanes) is 1. The second kappa shape index (κ2) is 7.14. The summed E-state index contributed by atoms with van der Waals surface area (Å²) in [7, 11) is 1.62. The van der Waals surface area contributed by atoms with Crippen LogP contribution in [0, 0.1) is 0 Å². The van der Waals surface area contributed by atoms with Crippen molar-refractivity contribution in [3.05, 3.63) is 23.8 Å². The highest BCUT2D eigenvalue weighted by molar-refractivity contribution is 5.42. The number of ether oxygens (including phenoxy) is 2. The Morgan fingerprint density at radius 3 is 2.71 bits per heavy atom. The van der Waals surface area contributed by atoms with Gasteiger partial charge in [-0.25, -0.2) is 0 Å². The smallest absolute Gasteiger partial charge is 0.127 e. The van der Waals surface area contributed by atoms with Gasteiger partial charge in [0.2, 0.25) is 0 Å². The molecule has 1 rings (SSSR count). The van der Waals surface area contributed by atoms with Gasteiger partial charge < -0.3 is 20.3 Å². The molecule has 0 saturated heterocycles. The molecule has 0 bridgehead atoms. The summed E-state index contributed by atoms with van der Waals surface area (Å²) < 4.78 is 10.8. The van der Waals surface area contributed by atoms with E-state index in [2.05, 4.69) is 0 Å². The summed E-state index contributed by atoms with van der Waals surface area (Å²) in [5.74, 6) is 1.52. The average molecular weight is 239 g/mol. The first-order valence-electron chi connectivity index (χ1n) is 5.86. The second-order valence-corrected chi connectivity index (χ2v) is 3.97. The Morgan fingerprint density at radius 2 is 2.12 bits per heavy atom. The third kappa shape index (κ3) is 4.24. The lowest BCUT2D eigenvalue weighted by Crippen LogP contribution is -2.09. The topological polar surface area (TPSA) is 64.7 Å². The number of aliphatic hydroxyl groups is 1. The molecule has 17 heavy (non-hydrogen) atoms. The van der Waals surface area contributed by atoms with Crippen LogP contribution in [0.4, 0.5) is 0 Å². The number of aliphatic hydroxyl groups excluding tert-OH is 1. The van der Waals surface area contributed by atoms with Gasteiger partial charge in [0.05, 0.1) is 13.7 Å². The standard InChI is InChI=1S/C13H21NO3/c1-10(14)12-6-5-11(16-2)9-13(12)17-8-4-3-7-15/h5-6,9-10,15H,3-4,7-8,14H2,1-2H3. The van der Waals surface area contributed by atoms with Gasteiger partial charge in [-0.2, -0.15) is 0 Å². The zero-order valence-electron chi connectivity index (χ0n) is 10.5. The van der Waals surface area contributed by atoms with E-state index in [4.69, 9.17) is 20.3 Å². The molecule has 1 aromatic rings. The Balaban J connectivity index is 2.71. The molecule has 1 aromatic carbocycles. The van der Waals surface area contributed by atoms with E-state index in [1.807, 2.05) is 25.1 Å². The van der Waals surface area contributed by atoms with Crippen LogP contribution < -0.4 is 15.2 Å². The molecule has 4 nitrogen and oxygen atoms in total. The average Bonchev–Trinajstić information content (AvgIpc) is 2.34. The maximum Gasteiger partial charge on any atom is 0.127 e. The summed E-state index contributed by atoms with van der Waals surface area (Å²) in [5.41, 5.74) is 6.84. The molecule has 96 valence electrons. The van der Waals surface area contributed by atoms with Crippen molar-refractivity contribution in [2.75, 3.05) is 20.3 Å². The van der Waals surface area contributed by atoms with Gasteiger partial charge in [-0.05, 0) is 25.8 Å². The summed E-state index contributed by atoms with van der Waals surface area (Å²) in [6, 6.07) is 5.57. The number of nitrogens with two attached hydrogens (primary N) is 1. The first-order valence-corrected chi connectivity index (χ1v) is 5.86. The maximum atomic E-state index is 8.69. The van der Waals surface area contributed by atoms with Crippen LogP contribution in [0.5, 0.6) is 11.5 Å². The van der Waals surface area contributed by atoms with Crippen molar-refractivity contribution >= 4 is 0 Å². The zero-order chi connectivity index (χ0) is 12.7. The normalized spacial score (nSPS) is 12.2. The van der Waals surface area contributed by atoms with Gasteiger partial charge in [0.1, 0.15) is 11.5 Å². The van der Waals surface area contributed by atoms with E-state index in [0.717, 1.165) is 29.9 Å².